The Morgan fingerprint density at radius 3 is 2.75 bits per heavy atom. The molecule has 1 atom stereocenters. The van der Waals surface area contributed by atoms with Crippen molar-refractivity contribution in [2.75, 3.05) is 7.11 Å². The van der Waals surface area contributed by atoms with Crippen LogP contribution >= 0.6 is 0 Å². The van der Waals surface area contributed by atoms with Gasteiger partial charge in [0.2, 0.25) is 0 Å². The lowest BCUT2D eigenvalue weighted by atomic mass is 9.86. The zero-order valence-electron chi connectivity index (χ0n) is 9.05. The molecule has 0 aromatic heterocycles. The summed E-state index contributed by atoms with van der Waals surface area (Å²) in [7, 11) is 1.52. The van der Waals surface area contributed by atoms with Crippen molar-refractivity contribution in [2.45, 2.75) is 12.0 Å². The lowest BCUT2D eigenvalue weighted by molar-refractivity contribution is 0.0855. The zero-order valence-corrected chi connectivity index (χ0v) is 9.05. The molecule has 0 radical (unpaired) electrons. The van der Waals surface area contributed by atoms with E-state index in [1.807, 2.05) is 12.2 Å². The summed E-state index contributed by atoms with van der Waals surface area (Å²) in [6.07, 6.45) is 7.56. The summed E-state index contributed by atoms with van der Waals surface area (Å²) in [5.74, 6) is 0.532. The van der Waals surface area contributed by atoms with Crippen molar-refractivity contribution >= 4 is 0 Å². The lowest BCUT2D eigenvalue weighted by Gasteiger charge is -2.27. The third-order valence-corrected chi connectivity index (χ3v) is 2.71. The largest absolute Gasteiger partial charge is 0.507 e. The molecule has 1 aliphatic rings. The topological polar surface area (TPSA) is 49.7 Å². The molecule has 0 fully saturated rings. The van der Waals surface area contributed by atoms with Gasteiger partial charge in [0.25, 0.3) is 0 Å². The molecule has 1 aromatic carbocycles. The van der Waals surface area contributed by atoms with Gasteiger partial charge in [-0.15, -0.1) is 0 Å². The molecule has 1 unspecified atom stereocenters. The van der Waals surface area contributed by atoms with Gasteiger partial charge >= 0.3 is 0 Å². The molecule has 84 valence electrons. The summed E-state index contributed by atoms with van der Waals surface area (Å²) < 4.78 is 5.17. The molecule has 0 spiro atoms. The van der Waals surface area contributed by atoms with E-state index < -0.39 is 5.60 Å². The molecule has 0 saturated heterocycles. The van der Waals surface area contributed by atoms with E-state index in [1.165, 1.54) is 7.11 Å². The molecule has 0 heterocycles. The van der Waals surface area contributed by atoms with Gasteiger partial charge in [-0.3, -0.25) is 0 Å². The maximum absolute atomic E-state index is 10.5. The highest BCUT2D eigenvalue weighted by molar-refractivity contribution is 5.50. The fraction of sp³-hybridized carbons (Fsp3) is 0.231. The number of phenolic OH excluding ortho intramolecular Hbond substituents is 1. The highest BCUT2D eigenvalue weighted by atomic mass is 16.5. The van der Waals surface area contributed by atoms with Gasteiger partial charge in [0.15, 0.2) is 0 Å². The number of methoxy groups -OCH3 is 1. The van der Waals surface area contributed by atoms with E-state index in [1.54, 1.807) is 30.4 Å². The van der Waals surface area contributed by atoms with Crippen LogP contribution in [0.2, 0.25) is 0 Å². The van der Waals surface area contributed by atoms with Gasteiger partial charge in [-0.1, -0.05) is 24.3 Å². The molecule has 2 N–H and O–H groups in total. The Bertz CT molecular complexity index is 448. The first-order valence-corrected chi connectivity index (χ1v) is 5.10. The van der Waals surface area contributed by atoms with Gasteiger partial charge in [-0.05, 0) is 18.2 Å². The van der Waals surface area contributed by atoms with Crippen molar-refractivity contribution in [3.8, 4) is 11.5 Å². The first kappa shape index (κ1) is 10.8. The second kappa shape index (κ2) is 4.02. The summed E-state index contributed by atoms with van der Waals surface area (Å²) in [5.41, 5.74) is -0.774. The number of allylic oxidation sites excluding steroid dienone is 2. The molecule has 0 amide bonds. The standard InChI is InChI=1S/C13H14O3/c1-16-11-7-5-6-10(14)12(11)13(15)8-3-2-4-9-13/h2-8,14-15H,9H2,1H3. The number of phenols is 1. The second-order valence-corrected chi connectivity index (χ2v) is 3.77. The minimum Gasteiger partial charge on any atom is -0.507 e. The predicted molar refractivity (Wildman–Crippen MR) is 61.5 cm³/mol. The number of aromatic hydroxyl groups is 1. The normalized spacial score (nSPS) is 23.4. The Balaban J connectivity index is 2.54. The third-order valence-electron chi connectivity index (χ3n) is 2.71. The molecule has 3 heteroatoms. The van der Waals surface area contributed by atoms with E-state index >= 15 is 0 Å². The maximum Gasteiger partial charge on any atom is 0.129 e. The highest BCUT2D eigenvalue weighted by Crippen LogP contribution is 2.41. The number of rotatable bonds is 2. The number of benzene rings is 1. The fourth-order valence-corrected chi connectivity index (χ4v) is 1.92. The molecule has 1 aliphatic carbocycles. The van der Waals surface area contributed by atoms with Crippen LogP contribution in [0.25, 0.3) is 0 Å². The van der Waals surface area contributed by atoms with Crippen LogP contribution in [0.15, 0.2) is 42.5 Å². The van der Waals surface area contributed by atoms with Crippen molar-refractivity contribution in [1.29, 1.82) is 0 Å². The molecule has 0 aliphatic heterocycles. The van der Waals surface area contributed by atoms with Gasteiger partial charge in [0, 0.05) is 6.42 Å². The van der Waals surface area contributed by atoms with Crippen molar-refractivity contribution in [1.82, 2.24) is 0 Å². The van der Waals surface area contributed by atoms with E-state index in [9.17, 15) is 10.2 Å². The van der Waals surface area contributed by atoms with E-state index in [0.29, 0.717) is 17.7 Å². The van der Waals surface area contributed by atoms with Crippen molar-refractivity contribution in [2.24, 2.45) is 0 Å². The molecule has 3 nitrogen and oxygen atoms in total. The molecule has 2 rings (SSSR count). The highest BCUT2D eigenvalue weighted by Gasteiger charge is 2.32. The molecule has 0 saturated carbocycles. The number of ether oxygens (including phenoxy) is 1. The summed E-state index contributed by atoms with van der Waals surface area (Å²) in [6.45, 7) is 0. The Kier molecular flexibility index (Phi) is 2.71. The van der Waals surface area contributed by atoms with Crippen molar-refractivity contribution in [3.05, 3.63) is 48.1 Å². The Hall–Kier alpha value is -1.74. The Morgan fingerprint density at radius 2 is 2.12 bits per heavy atom. The number of hydrogen-bond acceptors (Lipinski definition) is 3. The van der Waals surface area contributed by atoms with Crippen LogP contribution < -0.4 is 4.74 Å². The summed E-state index contributed by atoms with van der Waals surface area (Å²) in [6, 6.07) is 4.95. The van der Waals surface area contributed by atoms with Crippen LogP contribution in [0.3, 0.4) is 0 Å². The minimum absolute atomic E-state index is 0.0433. The molecule has 1 aromatic rings. The summed E-state index contributed by atoms with van der Waals surface area (Å²) in [5, 5.41) is 20.3. The van der Waals surface area contributed by atoms with Crippen LogP contribution in [0.1, 0.15) is 12.0 Å². The second-order valence-electron chi connectivity index (χ2n) is 3.77. The van der Waals surface area contributed by atoms with Crippen LogP contribution in [0, 0.1) is 0 Å². The monoisotopic (exact) mass is 218 g/mol. The first-order valence-electron chi connectivity index (χ1n) is 5.10. The van der Waals surface area contributed by atoms with Crippen molar-refractivity contribution < 1.29 is 14.9 Å². The Labute approximate surface area is 94.3 Å². The minimum atomic E-state index is -1.19. The lowest BCUT2D eigenvalue weighted by Crippen LogP contribution is -2.24. The maximum atomic E-state index is 10.5. The van der Waals surface area contributed by atoms with E-state index in [4.69, 9.17) is 4.74 Å². The predicted octanol–water partition coefficient (Wildman–Crippen LogP) is 2.10. The van der Waals surface area contributed by atoms with Crippen LogP contribution in [-0.2, 0) is 5.60 Å². The van der Waals surface area contributed by atoms with Crippen LogP contribution in [0.5, 0.6) is 11.5 Å². The van der Waals surface area contributed by atoms with Gasteiger partial charge < -0.3 is 14.9 Å². The number of aliphatic hydroxyl groups is 1. The SMILES string of the molecule is COc1cccc(O)c1C1(O)C=CC=CC1. The molecule has 0 bridgehead atoms. The van der Waals surface area contributed by atoms with E-state index in [2.05, 4.69) is 0 Å². The Morgan fingerprint density at radius 1 is 1.31 bits per heavy atom. The third kappa shape index (κ3) is 1.70. The first-order chi connectivity index (χ1) is 7.67. The summed E-state index contributed by atoms with van der Waals surface area (Å²) in [4.78, 5) is 0. The van der Waals surface area contributed by atoms with Gasteiger partial charge in [0.1, 0.15) is 17.1 Å². The average molecular weight is 218 g/mol. The van der Waals surface area contributed by atoms with Gasteiger partial charge in [-0.2, -0.15) is 0 Å². The quantitative estimate of drug-likeness (QED) is 0.799. The summed E-state index contributed by atoms with van der Waals surface area (Å²) >= 11 is 0. The van der Waals surface area contributed by atoms with Crippen LogP contribution in [0.4, 0.5) is 0 Å². The van der Waals surface area contributed by atoms with Crippen molar-refractivity contribution in [3.63, 3.8) is 0 Å². The van der Waals surface area contributed by atoms with Gasteiger partial charge in [0.05, 0.1) is 12.7 Å². The molecule has 16 heavy (non-hydrogen) atoms. The zero-order chi connectivity index (χ0) is 11.6. The fourth-order valence-electron chi connectivity index (χ4n) is 1.92. The molecular formula is C13H14O3. The van der Waals surface area contributed by atoms with Crippen LogP contribution in [-0.4, -0.2) is 17.3 Å². The average Bonchev–Trinajstić information content (AvgIpc) is 2.29. The molecular weight excluding hydrogens is 204 g/mol. The number of hydrogen-bond donors (Lipinski definition) is 2. The van der Waals surface area contributed by atoms with E-state index in [-0.39, 0.29) is 5.75 Å². The smallest absolute Gasteiger partial charge is 0.129 e. The van der Waals surface area contributed by atoms with Gasteiger partial charge in [-0.25, -0.2) is 0 Å². The van der Waals surface area contributed by atoms with E-state index in [0.717, 1.165) is 0 Å².